The van der Waals surface area contributed by atoms with Crippen LogP contribution in [0.15, 0.2) is 35.3 Å². The van der Waals surface area contributed by atoms with E-state index in [1.54, 1.807) is 18.7 Å². The van der Waals surface area contributed by atoms with Gasteiger partial charge in [0.15, 0.2) is 0 Å². The summed E-state index contributed by atoms with van der Waals surface area (Å²) < 4.78 is 11.2. The lowest BCUT2D eigenvalue weighted by molar-refractivity contribution is -0.148. The molecule has 31 heavy (non-hydrogen) atoms. The van der Waals surface area contributed by atoms with Gasteiger partial charge in [0.1, 0.15) is 12.1 Å². The van der Waals surface area contributed by atoms with Gasteiger partial charge in [-0.25, -0.2) is 9.79 Å². The van der Waals surface area contributed by atoms with Crippen LogP contribution in [0, 0.1) is 5.92 Å². The molecule has 1 saturated carbocycles. The Morgan fingerprint density at radius 1 is 1.29 bits per heavy atom. The third-order valence-electron chi connectivity index (χ3n) is 5.62. The molecule has 1 aromatic carbocycles. The molecule has 3 rings (SSSR count). The van der Waals surface area contributed by atoms with Crippen LogP contribution >= 0.6 is 11.8 Å². The summed E-state index contributed by atoms with van der Waals surface area (Å²) in [7, 11) is 1.94. The van der Waals surface area contributed by atoms with Crippen molar-refractivity contribution in [3.05, 3.63) is 35.9 Å². The number of amides is 1. The number of rotatable bonds is 10. The van der Waals surface area contributed by atoms with E-state index in [2.05, 4.69) is 10.6 Å². The average Bonchev–Trinajstić information content (AvgIpc) is 3.19. The number of carbonyl (C=O) groups is 2. The van der Waals surface area contributed by atoms with E-state index in [9.17, 15) is 9.59 Å². The highest BCUT2D eigenvalue weighted by Gasteiger charge is 2.40. The van der Waals surface area contributed by atoms with E-state index in [-0.39, 0.29) is 30.6 Å². The maximum absolute atomic E-state index is 13.0. The van der Waals surface area contributed by atoms with Gasteiger partial charge in [-0.1, -0.05) is 42.1 Å². The predicted octanol–water partition coefficient (Wildman–Crippen LogP) is 2.54. The Morgan fingerprint density at radius 2 is 2.10 bits per heavy atom. The lowest BCUT2D eigenvalue weighted by Gasteiger charge is -2.29. The Kier molecular flexibility index (Phi) is 9.21. The molecule has 3 unspecified atom stereocenters. The lowest BCUT2D eigenvalue weighted by atomic mass is 9.83. The monoisotopic (exact) mass is 447 g/mol. The zero-order chi connectivity index (χ0) is 22.1. The SMILES string of the molecule is CCOC(=O)[C@H](Cc1ccccc1)NC(=O)C1CCC2OC(SCCCNC)=NC2C1. The molecule has 1 fully saturated rings. The second-order valence-corrected chi connectivity index (χ2v) is 8.98. The summed E-state index contributed by atoms with van der Waals surface area (Å²) in [5, 5.41) is 6.83. The number of hydrogen-bond acceptors (Lipinski definition) is 7. The standard InChI is InChI=1S/C23H33N3O4S/c1-3-29-22(28)19(14-16-8-5-4-6-9-16)25-21(27)17-10-11-20-18(15-17)26-23(30-20)31-13-7-12-24-2/h4-6,8-9,17-20,24H,3,7,10-15H2,1-2H3,(H,25,27)/t17?,18?,19-,20?/m0/s1. The molecular weight excluding hydrogens is 414 g/mol. The van der Waals surface area contributed by atoms with Crippen molar-refractivity contribution >= 4 is 28.9 Å². The molecule has 0 saturated heterocycles. The van der Waals surface area contributed by atoms with Crippen molar-refractivity contribution in [3.63, 3.8) is 0 Å². The highest BCUT2D eigenvalue weighted by molar-refractivity contribution is 8.13. The zero-order valence-electron chi connectivity index (χ0n) is 18.3. The Morgan fingerprint density at radius 3 is 2.84 bits per heavy atom. The van der Waals surface area contributed by atoms with Crippen LogP contribution in [0.4, 0.5) is 0 Å². The Balaban J connectivity index is 1.55. The topological polar surface area (TPSA) is 89.0 Å². The molecular formula is C23H33N3O4S. The van der Waals surface area contributed by atoms with Crippen LogP contribution < -0.4 is 10.6 Å². The number of carbonyl (C=O) groups excluding carboxylic acids is 2. The van der Waals surface area contributed by atoms with Crippen molar-refractivity contribution in [2.24, 2.45) is 10.9 Å². The van der Waals surface area contributed by atoms with Crippen molar-refractivity contribution in [2.75, 3.05) is 26.0 Å². The molecule has 0 spiro atoms. The fourth-order valence-corrected chi connectivity index (χ4v) is 4.85. The zero-order valence-corrected chi connectivity index (χ0v) is 19.2. The first kappa shape index (κ1) is 23.6. The number of nitrogens with one attached hydrogen (secondary N) is 2. The minimum absolute atomic E-state index is 0.0199. The maximum Gasteiger partial charge on any atom is 0.328 e. The molecule has 1 aliphatic carbocycles. The quantitative estimate of drug-likeness (QED) is 0.423. The van der Waals surface area contributed by atoms with E-state index in [4.69, 9.17) is 14.5 Å². The summed E-state index contributed by atoms with van der Waals surface area (Å²) in [5.74, 6) is 0.299. The number of hydrogen-bond donors (Lipinski definition) is 2. The molecule has 0 bridgehead atoms. The van der Waals surface area contributed by atoms with Crippen molar-refractivity contribution in [2.45, 2.75) is 57.2 Å². The molecule has 1 aliphatic heterocycles. The third kappa shape index (κ3) is 6.97. The van der Waals surface area contributed by atoms with Crippen LogP contribution in [0.25, 0.3) is 0 Å². The molecule has 2 N–H and O–H groups in total. The molecule has 2 aliphatic rings. The summed E-state index contributed by atoms with van der Waals surface area (Å²) in [6, 6.07) is 9.01. The van der Waals surface area contributed by atoms with Gasteiger partial charge in [-0.05, 0) is 51.8 Å². The fourth-order valence-electron chi connectivity index (χ4n) is 3.98. The second kappa shape index (κ2) is 12.1. The number of fused-ring (bicyclic) bond motifs is 1. The van der Waals surface area contributed by atoms with E-state index in [1.165, 1.54) is 0 Å². The van der Waals surface area contributed by atoms with Gasteiger partial charge in [-0.3, -0.25) is 4.79 Å². The van der Waals surface area contributed by atoms with Gasteiger partial charge in [-0.15, -0.1) is 0 Å². The Hall–Kier alpha value is -2.06. The smallest absolute Gasteiger partial charge is 0.328 e. The van der Waals surface area contributed by atoms with Crippen molar-refractivity contribution < 1.29 is 19.1 Å². The first-order valence-electron chi connectivity index (χ1n) is 11.1. The van der Waals surface area contributed by atoms with Crippen LogP contribution in [0.3, 0.4) is 0 Å². The lowest BCUT2D eigenvalue weighted by Crippen LogP contribution is -2.47. The van der Waals surface area contributed by atoms with Gasteiger partial charge >= 0.3 is 5.97 Å². The number of benzene rings is 1. The average molecular weight is 448 g/mol. The van der Waals surface area contributed by atoms with E-state index < -0.39 is 12.0 Å². The highest BCUT2D eigenvalue weighted by Crippen LogP contribution is 2.34. The largest absolute Gasteiger partial charge is 0.467 e. The summed E-state index contributed by atoms with van der Waals surface area (Å²) >= 11 is 1.65. The van der Waals surface area contributed by atoms with Crippen LogP contribution in [0.5, 0.6) is 0 Å². The van der Waals surface area contributed by atoms with E-state index >= 15 is 0 Å². The summed E-state index contributed by atoms with van der Waals surface area (Å²) in [4.78, 5) is 30.2. The van der Waals surface area contributed by atoms with E-state index in [1.807, 2.05) is 37.4 Å². The van der Waals surface area contributed by atoms with Gasteiger partial charge in [-0.2, -0.15) is 0 Å². The minimum Gasteiger partial charge on any atom is -0.467 e. The van der Waals surface area contributed by atoms with E-state index in [0.717, 1.165) is 42.4 Å². The second-order valence-electron chi connectivity index (χ2n) is 7.94. The third-order valence-corrected chi connectivity index (χ3v) is 6.56. The van der Waals surface area contributed by atoms with Crippen LogP contribution in [-0.4, -0.2) is 61.2 Å². The molecule has 170 valence electrons. The molecule has 1 heterocycles. The molecule has 1 amide bonds. The molecule has 4 atom stereocenters. The predicted molar refractivity (Wildman–Crippen MR) is 123 cm³/mol. The minimum atomic E-state index is -0.686. The summed E-state index contributed by atoms with van der Waals surface area (Å²) in [6.07, 6.45) is 3.73. The first-order chi connectivity index (χ1) is 15.1. The Labute approximate surface area is 188 Å². The van der Waals surface area contributed by atoms with Gasteiger partial charge in [0, 0.05) is 18.1 Å². The van der Waals surface area contributed by atoms with Crippen molar-refractivity contribution in [3.8, 4) is 0 Å². The van der Waals surface area contributed by atoms with E-state index in [0.29, 0.717) is 12.8 Å². The van der Waals surface area contributed by atoms with Crippen LogP contribution in [0.1, 0.15) is 38.2 Å². The molecule has 1 aromatic rings. The first-order valence-corrected chi connectivity index (χ1v) is 12.1. The van der Waals surface area contributed by atoms with Crippen molar-refractivity contribution in [1.82, 2.24) is 10.6 Å². The van der Waals surface area contributed by atoms with Crippen LogP contribution in [-0.2, 0) is 25.5 Å². The van der Waals surface area contributed by atoms with Crippen LogP contribution in [0.2, 0.25) is 0 Å². The fraction of sp³-hybridized carbons (Fsp3) is 0.609. The number of thioether (sulfide) groups is 1. The summed E-state index contributed by atoms with van der Waals surface area (Å²) in [5.41, 5.74) is 0.985. The molecule has 8 heteroatoms. The van der Waals surface area contributed by atoms with Crippen molar-refractivity contribution in [1.29, 1.82) is 0 Å². The number of ether oxygens (including phenoxy) is 2. The maximum atomic E-state index is 13.0. The number of esters is 1. The molecule has 7 nitrogen and oxygen atoms in total. The summed E-state index contributed by atoms with van der Waals surface area (Å²) in [6.45, 7) is 3.03. The van der Waals surface area contributed by atoms with Gasteiger partial charge in [0.2, 0.25) is 11.1 Å². The van der Waals surface area contributed by atoms with Gasteiger partial charge in [0.05, 0.1) is 12.6 Å². The van der Waals surface area contributed by atoms with Gasteiger partial charge in [0.25, 0.3) is 0 Å². The Bertz CT molecular complexity index is 758. The molecule has 0 radical (unpaired) electrons. The van der Waals surface area contributed by atoms with Gasteiger partial charge < -0.3 is 20.1 Å². The molecule has 0 aromatic heterocycles. The number of nitrogens with zero attached hydrogens (tertiary/aromatic N) is 1. The normalized spacial score (nSPS) is 23.3. The highest BCUT2D eigenvalue weighted by atomic mass is 32.2. The number of aliphatic imine (C=N–C) groups is 1.